The number of carbonyl (C=O) groups is 1. The van der Waals surface area contributed by atoms with Crippen LogP contribution in [0.25, 0.3) is 11.0 Å². The highest BCUT2D eigenvalue weighted by Gasteiger charge is 2.11. The molecule has 0 unspecified atom stereocenters. The molecule has 4 nitrogen and oxygen atoms in total. The monoisotopic (exact) mass is 301 g/mol. The van der Waals surface area contributed by atoms with Gasteiger partial charge in [0.1, 0.15) is 16.8 Å². The van der Waals surface area contributed by atoms with Crippen LogP contribution in [0.15, 0.2) is 48.5 Å². The maximum absolute atomic E-state index is 13.5. The summed E-state index contributed by atoms with van der Waals surface area (Å²) in [6.45, 7) is 0. The van der Waals surface area contributed by atoms with Gasteiger partial charge in [-0.15, -0.1) is 0 Å². The molecule has 0 saturated heterocycles. The van der Waals surface area contributed by atoms with Gasteiger partial charge in [0.2, 0.25) is 0 Å². The Hall–Kier alpha value is -2.53. The van der Waals surface area contributed by atoms with Crippen LogP contribution in [-0.4, -0.2) is 15.9 Å². The lowest BCUT2D eigenvalue weighted by atomic mass is 10.2. The van der Waals surface area contributed by atoms with Crippen LogP contribution in [0, 0.1) is 5.82 Å². The molecule has 0 bridgehead atoms. The Morgan fingerprint density at radius 1 is 1.05 bits per heavy atom. The fourth-order valence-corrected chi connectivity index (χ4v) is 2.02. The third-order valence-corrected chi connectivity index (χ3v) is 3.09. The van der Waals surface area contributed by atoms with Crippen molar-refractivity contribution in [3.05, 3.63) is 65.1 Å². The molecule has 2 heterocycles. The van der Waals surface area contributed by atoms with Crippen LogP contribution >= 0.6 is 11.6 Å². The van der Waals surface area contributed by atoms with E-state index in [2.05, 4.69) is 15.3 Å². The fourth-order valence-electron chi connectivity index (χ4n) is 1.87. The van der Waals surface area contributed by atoms with Crippen LogP contribution in [0.5, 0.6) is 0 Å². The van der Waals surface area contributed by atoms with Gasteiger partial charge in [-0.05, 0) is 36.4 Å². The summed E-state index contributed by atoms with van der Waals surface area (Å²) in [5.74, 6) is -0.871. The largest absolute Gasteiger partial charge is 0.306 e. The van der Waals surface area contributed by atoms with Crippen molar-refractivity contribution in [1.29, 1.82) is 0 Å². The molecule has 0 aliphatic carbocycles. The summed E-state index contributed by atoms with van der Waals surface area (Å²) in [5.41, 5.74) is 0.368. The quantitative estimate of drug-likeness (QED) is 0.735. The molecule has 6 heteroatoms. The van der Waals surface area contributed by atoms with Gasteiger partial charge >= 0.3 is 0 Å². The minimum absolute atomic E-state index is 0.0431. The van der Waals surface area contributed by atoms with Gasteiger partial charge in [-0.3, -0.25) is 4.79 Å². The van der Waals surface area contributed by atoms with Crippen LogP contribution in [0.3, 0.4) is 0 Å². The number of halogens is 2. The number of nitrogens with one attached hydrogen (secondary N) is 1. The van der Waals surface area contributed by atoms with Crippen LogP contribution in [0.2, 0.25) is 5.15 Å². The molecule has 0 saturated carbocycles. The second-order valence-corrected chi connectivity index (χ2v) is 4.70. The molecule has 0 aliphatic heterocycles. The first-order valence-electron chi connectivity index (χ1n) is 6.13. The number of nitrogens with zero attached hydrogens (tertiary/aromatic N) is 2. The van der Waals surface area contributed by atoms with Crippen molar-refractivity contribution in [3.8, 4) is 0 Å². The Labute approximate surface area is 124 Å². The number of hydrogen-bond acceptors (Lipinski definition) is 3. The van der Waals surface area contributed by atoms with Crippen molar-refractivity contribution in [3.63, 3.8) is 0 Å². The Bertz CT molecular complexity index is 838. The van der Waals surface area contributed by atoms with Crippen LogP contribution in [0.1, 0.15) is 10.4 Å². The first-order chi connectivity index (χ1) is 10.1. The molecule has 2 aromatic heterocycles. The molecule has 0 fully saturated rings. The van der Waals surface area contributed by atoms with E-state index in [1.165, 1.54) is 18.2 Å². The summed E-state index contributed by atoms with van der Waals surface area (Å²) in [6.07, 6.45) is 0. The van der Waals surface area contributed by atoms with Gasteiger partial charge in [-0.2, -0.15) is 0 Å². The van der Waals surface area contributed by atoms with Crippen molar-refractivity contribution in [2.24, 2.45) is 0 Å². The van der Waals surface area contributed by atoms with Crippen LogP contribution in [-0.2, 0) is 0 Å². The lowest BCUT2D eigenvalue weighted by Gasteiger charge is -2.06. The molecule has 1 N–H and O–H groups in total. The molecule has 1 aromatic carbocycles. The summed E-state index contributed by atoms with van der Waals surface area (Å²) >= 11 is 5.81. The number of hydrogen-bond donors (Lipinski definition) is 1. The number of carbonyl (C=O) groups excluding carboxylic acids is 1. The summed E-state index contributed by atoms with van der Waals surface area (Å²) in [6, 6.07) is 12.5. The molecule has 0 spiro atoms. The van der Waals surface area contributed by atoms with Crippen molar-refractivity contribution < 1.29 is 9.18 Å². The summed E-state index contributed by atoms with van der Waals surface area (Å²) < 4.78 is 13.5. The van der Waals surface area contributed by atoms with Crippen molar-refractivity contribution in [2.45, 2.75) is 0 Å². The zero-order chi connectivity index (χ0) is 14.8. The van der Waals surface area contributed by atoms with Crippen molar-refractivity contribution >= 4 is 34.4 Å². The highest BCUT2D eigenvalue weighted by atomic mass is 35.5. The molecule has 0 radical (unpaired) electrons. The molecule has 0 atom stereocenters. The number of anilines is 1. The maximum atomic E-state index is 13.5. The number of benzene rings is 1. The first-order valence-corrected chi connectivity index (χ1v) is 6.50. The van der Waals surface area contributed by atoms with E-state index in [1.807, 2.05) is 0 Å². The van der Waals surface area contributed by atoms with Gasteiger partial charge < -0.3 is 5.32 Å². The van der Waals surface area contributed by atoms with Gasteiger partial charge in [0.05, 0.1) is 5.56 Å². The molecule has 3 rings (SSSR count). The van der Waals surface area contributed by atoms with E-state index in [9.17, 15) is 9.18 Å². The highest BCUT2D eigenvalue weighted by molar-refractivity contribution is 6.29. The second-order valence-electron chi connectivity index (χ2n) is 4.31. The second kappa shape index (κ2) is 5.46. The van der Waals surface area contributed by atoms with Gasteiger partial charge in [0.15, 0.2) is 5.65 Å². The number of fused-ring (bicyclic) bond motifs is 1. The molecule has 1 amide bonds. The van der Waals surface area contributed by atoms with Crippen molar-refractivity contribution in [1.82, 2.24) is 9.97 Å². The number of pyridine rings is 2. The third-order valence-electron chi connectivity index (χ3n) is 2.88. The topological polar surface area (TPSA) is 54.9 Å². The van der Waals surface area contributed by atoms with Gasteiger partial charge in [-0.1, -0.05) is 23.7 Å². The van der Waals surface area contributed by atoms with Crippen LogP contribution in [0.4, 0.5) is 10.2 Å². The maximum Gasteiger partial charge on any atom is 0.259 e. The third kappa shape index (κ3) is 2.83. The summed E-state index contributed by atoms with van der Waals surface area (Å²) in [5, 5.41) is 3.64. The summed E-state index contributed by atoms with van der Waals surface area (Å²) in [7, 11) is 0. The van der Waals surface area contributed by atoms with E-state index in [0.29, 0.717) is 10.8 Å². The van der Waals surface area contributed by atoms with E-state index < -0.39 is 11.7 Å². The molecule has 21 heavy (non-hydrogen) atoms. The fraction of sp³-hybridized carbons (Fsp3) is 0. The number of rotatable bonds is 2. The summed E-state index contributed by atoms with van der Waals surface area (Å²) in [4.78, 5) is 20.2. The first kappa shape index (κ1) is 13.5. The predicted molar refractivity (Wildman–Crippen MR) is 78.9 cm³/mol. The standard InChI is InChI=1S/C15H9ClFN3O/c16-12-7-5-9-6-8-13(19-14(9)18-12)20-15(21)10-3-1-2-4-11(10)17/h1-8H,(H,18,19,20,21). The van der Waals surface area contributed by atoms with E-state index >= 15 is 0 Å². The van der Waals surface area contributed by atoms with Gasteiger partial charge in [0.25, 0.3) is 5.91 Å². The van der Waals surface area contributed by atoms with Crippen LogP contribution < -0.4 is 5.32 Å². The zero-order valence-electron chi connectivity index (χ0n) is 10.7. The molecular formula is C15H9ClFN3O. The molecule has 0 aliphatic rings. The lowest BCUT2D eigenvalue weighted by Crippen LogP contribution is -2.14. The lowest BCUT2D eigenvalue weighted by molar-refractivity contribution is 0.102. The van der Waals surface area contributed by atoms with Gasteiger partial charge in [-0.25, -0.2) is 14.4 Å². The average molecular weight is 302 g/mol. The molecule has 104 valence electrons. The highest BCUT2D eigenvalue weighted by Crippen LogP contribution is 2.17. The molecular weight excluding hydrogens is 293 g/mol. The van der Waals surface area contributed by atoms with E-state index in [4.69, 9.17) is 11.6 Å². The predicted octanol–water partition coefficient (Wildman–Crippen LogP) is 3.67. The Kier molecular flexibility index (Phi) is 3.50. The SMILES string of the molecule is O=C(Nc1ccc2ccc(Cl)nc2n1)c1ccccc1F. The molecule has 3 aromatic rings. The Balaban J connectivity index is 1.91. The Morgan fingerprint density at radius 3 is 2.62 bits per heavy atom. The average Bonchev–Trinajstić information content (AvgIpc) is 2.47. The minimum atomic E-state index is -0.586. The number of amides is 1. The van der Waals surface area contributed by atoms with E-state index in [1.54, 1.807) is 30.3 Å². The van der Waals surface area contributed by atoms with E-state index in [-0.39, 0.29) is 11.4 Å². The normalized spacial score (nSPS) is 10.6. The minimum Gasteiger partial charge on any atom is -0.306 e. The smallest absolute Gasteiger partial charge is 0.259 e. The zero-order valence-corrected chi connectivity index (χ0v) is 11.4. The van der Waals surface area contributed by atoms with Gasteiger partial charge in [0, 0.05) is 5.39 Å². The van der Waals surface area contributed by atoms with Crippen molar-refractivity contribution in [2.75, 3.05) is 5.32 Å². The number of aromatic nitrogens is 2. The van der Waals surface area contributed by atoms with E-state index in [0.717, 1.165) is 5.39 Å². The Morgan fingerprint density at radius 2 is 1.81 bits per heavy atom.